The number of hydrogen-bond donors (Lipinski definition) is 2. The summed E-state index contributed by atoms with van der Waals surface area (Å²) in [5.74, 6) is 0.847. The summed E-state index contributed by atoms with van der Waals surface area (Å²) in [5.41, 5.74) is 1.70. The lowest BCUT2D eigenvalue weighted by molar-refractivity contribution is -0.123. The van der Waals surface area contributed by atoms with E-state index in [1.54, 1.807) is 0 Å². The molecular formula is C17H20N4O. The fourth-order valence-electron chi connectivity index (χ4n) is 2.56. The van der Waals surface area contributed by atoms with Crippen LogP contribution in [-0.2, 0) is 10.2 Å². The maximum absolute atomic E-state index is 12.4. The second-order valence-corrected chi connectivity index (χ2v) is 5.69. The minimum absolute atomic E-state index is 0.121. The molecule has 0 bridgehead atoms. The van der Waals surface area contributed by atoms with Crippen LogP contribution in [0.1, 0.15) is 24.1 Å². The van der Waals surface area contributed by atoms with Crippen LogP contribution < -0.4 is 10.6 Å². The van der Waals surface area contributed by atoms with E-state index in [9.17, 15) is 4.79 Å². The fourth-order valence-corrected chi connectivity index (χ4v) is 2.56. The molecule has 1 fully saturated rings. The van der Waals surface area contributed by atoms with E-state index in [4.69, 9.17) is 0 Å². The second kappa shape index (κ2) is 6.13. The predicted octanol–water partition coefficient (Wildman–Crippen LogP) is 2.04. The zero-order chi connectivity index (χ0) is 15.4. The topological polar surface area (TPSA) is 66.9 Å². The molecule has 0 spiro atoms. The van der Waals surface area contributed by atoms with E-state index < -0.39 is 0 Å². The first kappa shape index (κ1) is 14.5. The number of aryl methyl sites for hydroxylation is 1. The van der Waals surface area contributed by atoms with Crippen molar-refractivity contribution in [3.8, 4) is 0 Å². The van der Waals surface area contributed by atoms with E-state index >= 15 is 0 Å². The van der Waals surface area contributed by atoms with E-state index in [-0.39, 0.29) is 11.3 Å². The Hall–Kier alpha value is -2.43. The molecule has 1 aromatic carbocycles. The lowest BCUT2D eigenvalue weighted by atomic mass is 9.95. The van der Waals surface area contributed by atoms with Crippen LogP contribution in [0.4, 0.5) is 5.82 Å². The van der Waals surface area contributed by atoms with Crippen LogP contribution >= 0.6 is 0 Å². The number of nitrogens with one attached hydrogen (secondary N) is 2. The summed E-state index contributed by atoms with van der Waals surface area (Å²) in [7, 11) is 0. The quantitative estimate of drug-likeness (QED) is 0.801. The van der Waals surface area contributed by atoms with Crippen molar-refractivity contribution >= 4 is 11.7 Å². The van der Waals surface area contributed by atoms with Crippen LogP contribution in [0, 0.1) is 6.92 Å². The van der Waals surface area contributed by atoms with Crippen molar-refractivity contribution < 1.29 is 4.79 Å². The lowest BCUT2D eigenvalue weighted by Gasteiger charge is -2.16. The summed E-state index contributed by atoms with van der Waals surface area (Å²) in [5, 5.41) is 14.2. The zero-order valence-corrected chi connectivity index (χ0v) is 12.7. The summed E-state index contributed by atoms with van der Waals surface area (Å²) in [6, 6.07) is 13.8. The van der Waals surface area contributed by atoms with Crippen LogP contribution in [0.3, 0.4) is 0 Å². The van der Waals surface area contributed by atoms with Crippen LogP contribution in [-0.4, -0.2) is 29.2 Å². The molecule has 1 aliphatic rings. The van der Waals surface area contributed by atoms with Gasteiger partial charge in [0.2, 0.25) is 5.91 Å². The Morgan fingerprint density at radius 1 is 1.09 bits per heavy atom. The molecule has 1 aliphatic carbocycles. The highest BCUT2D eigenvalue weighted by Crippen LogP contribution is 2.48. The van der Waals surface area contributed by atoms with E-state index in [0.29, 0.717) is 13.1 Å². The number of carbonyl (C=O) groups excluding carboxylic acids is 1. The molecule has 0 unspecified atom stereocenters. The van der Waals surface area contributed by atoms with Gasteiger partial charge < -0.3 is 10.6 Å². The minimum Gasteiger partial charge on any atom is -0.367 e. The van der Waals surface area contributed by atoms with Gasteiger partial charge in [-0.2, -0.15) is 5.10 Å². The van der Waals surface area contributed by atoms with E-state index in [1.807, 2.05) is 49.4 Å². The Labute approximate surface area is 130 Å². The van der Waals surface area contributed by atoms with Crippen molar-refractivity contribution in [2.24, 2.45) is 0 Å². The zero-order valence-electron chi connectivity index (χ0n) is 12.7. The highest BCUT2D eigenvalue weighted by atomic mass is 16.2. The molecule has 0 saturated heterocycles. The molecule has 5 heteroatoms. The fraction of sp³-hybridized carbons (Fsp3) is 0.353. The normalized spacial score (nSPS) is 15.1. The monoisotopic (exact) mass is 296 g/mol. The number of hydrogen-bond acceptors (Lipinski definition) is 4. The number of amides is 1. The Bertz CT molecular complexity index is 635. The molecule has 1 saturated carbocycles. The van der Waals surface area contributed by atoms with Gasteiger partial charge in [-0.1, -0.05) is 30.3 Å². The van der Waals surface area contributed by atoms with Crippen LogP contribution in [0.2, 0.25) is 0 Å². The molecule has 0 atom stereocenters. The SMILES string of the molecule is Cc1ccc(NCCNC(=O)C2(c3ccccc3)CC2)nn1. The molecule has 0 radical (unpaired) electrons. The van der Waals surface area contributed by atoms with Crippen molar-refractivity contribution in [2.45, 2.75) is 25.2 Å². The summed E-state index contributed by atoms with van der Waals surface area (Å²) in [6.07, 6.45) is 1.86. The van der Waals surface area contributed by atoms with Gasteiger partial charge in [-0.15, -0.1) is 5.10 Å². The first-order valence-electron chi connectivity index (χ1n) is 7.59. The third kappa shape index (κ3) is 3.08. The smallest absolute Gasteiger partial charge is 0.230 e. The van der Waals surface area contributed by atoms with Crippen LogP contribution in [0.15, 0.2) is 42.5 Å². The summed E-state index contributed by atoms with van der Waals surface area (Å²) in [6.45, 7) is 3.10. The van der Waals surface area contributed by atoms with Crippen molar-refractivity contribution in [1.82, 2.24) is 15.5 Å². The molecule has 1 heterocycles. The Morgan fingerprint density at radius 3 is 2.50 bits per heavy atom. The largest absolute Gasteiger partial charge is 0.367 e. The molecule has 114 valence electrons. The summed E-state index contributed by atoms with van der Waals surface area (Å²) < 4.78 is 0. The maximum atomic E-state index is 12.4. The second-order valence-electron chi connectivity index (χ2n) is 5.69. The average molecular weight is 296 g/mol. The van der Waals surface area contributed by atoms with Crippen molar-refractivity contribution in [3.63, 3.8) is 0 Å². The van der Waals surface area contributed by atoms with Gasteiger partial charge in [0.25, 0.3) is 0 Å². The Morgan fingerprint density at radius 2 is 1.86 bits per heavy atom. The first-order chi connectivity index (χ1) is 10.7. The van der Waals surface area contributed by atoms with Gasteiger partial charge in [0, 0.05) is 13.1 Å². The number of benzene rings is 1. The molecule has 3 rings (SSSR count). The molecule has 2 N–H and O–H groups in total. The van der Waals surface area contributed by atoms with Crippen molar-refractivity contribution in [1.29, 1.82) is 0 Å². The molecule has 5 nitrogen and oxygen atoms in total. The summed E-state index contributed by atoms with van der Waals surface area (Å²) >= 11 is 0. The molecule has 22 heavy (non-hydrogen) atoms. The average Bonchev–Trinajstić information content (AvgIpc) is 3.36. The standard InChI is InChI=1S/C17H20N4O/c1-13-7-8-15(21-20-13)18-11-12-19-16(22)17(9-10-17)14-5-3-2-4-6-14/h2-8H,9-12H2,1H3,(H,18,21)(H,19,22). The van der Waals surface area contributed by atoms with Gasteiger partial charge in [-0.05, 0) is 37.5 Å². The molecule has 0 aliphatic heterocycles. The van der Waals surface area contributed by atoms with Gasteiger partial charge in [-0.25, -0.2) is 0 Å². The Balaban J connectivity index is 1.48. The number of anilines is 1. The van der Waals surface area contributed by atoms with Gasteiger partial charge in [0.1, 0.15) is 5.82 Å². The highest BCUT2D eigenvalue weighted by molar-refractivity contribution is 5.91. The number of rotatable bonds is 6. The van der Waals surface area contributed by atoms with Gasteiger partial charge in [0.05, 0.1) is 11.1 Å². The van der Waals surface area contributed by atoms with Crippen molar-refractivity contribution in [2.75, 3.05) is 18.4 Å². The van der Waals surface area contributed by atoms with Gasteiger partial charge in [-0.3, -0.25) is 4.79 Å². The minimum atomic E-state index is -0.301. The lowest BCUT2D eigenvalue weighted by Crippen LogP contribution is -2.37. The van der Waals surface area contributed by atoms with E-state index in [2.05, 4.69) is 20.8 Å². The first-order valence-corrected chi connectivity index (χ1v) is 7.59. The molecular weight excluding hydrogens is 276 g/mol. The van der Waals surface area contributed by atoms with E-state index in [0.717, 1.165) is 29.9 Å². The van der Waals surface area contributed by atoms with Crippen LogP contribution in [0.5, 0.6) is 0 Å². The maximum Gasteiger partial charge on any atom is 0.230 e. The third-order valence-corrected chi connectivity index (χ3v) is 4.03. The molecule has 1 amide bonds. The van der Waals surface area contributed by atoms with Gasteiger partial charge in [0.15, 0.2) is 0 Å². The number of nitrogens with zero attached hydrogens (tertiary/aromatic N) is 2. The predicted molar refractivity (Wildman–Crippen MR) is 85.6 cm³/mol. The molecule has 1 aromatic heterocycles. The van der Waals surface area contributed by atoms with E-state index in [1.165, 1.54) is 0 Å². The Kier molecular flexibility index (Phi) is 4.04. The number of carbonyl (C=O) groups is 1. The highest BCUT2D eigenvalue weighted by Gasteiger charge is 2.50. The molecule has 2 aromatic rings. The van der Waals surface area contributed by atoms with Crippen LogP contribution in [0.25, 0.3) is 0 Å². The van der Waals surface area contributed by atoms with Gasteiger partial charge >= 0.3 is 0 Å². The summed E-state index contributed by atoms with van der Waals surface area (Å²) in [4.78, 5) is 12.4. The third-order valence-electron chi connectivity index (χ3n) is 4.03. The number of aromatic nitrogens is 2. The van der Waals surface area contributed by atoms with Crippen molar-refractivity contribution in [3.05, 3.63) is 53.7 Å².